The minimum absolute atomic E-state index is 0.0747. The fourth-order valence-electron chi connectivity index (χ4n) is 1.18. The second kappa shape index (κ2) is 3.08. The first-order valence-electron chi connectivity index (χ1n) is 3.93. The third-order valence-corrected chi connectivity index (χ3v) is 2.62. The molecule has 2 N–H and O–H groups in total. The Labute approximate surface area is 83.9 Å². The minimum Gasteiger partial charge on any atom is -0.323 e. The lowest BCUT2D eigenvalue weighted by Crippen LogP contribution is -2.05. The molecular weight excluding hydrogens is 232 g/mol. The highest BCUT2D eigenvalue weighted by Crippen LogP contribution is 2.22. The van der Waals surface area contributed by atoms with Crippen molar-refractivity contribution in [1.29, 1.82) is 0 Å². The molecule has 1 atom stereocenters. The Hall–Kier alpha value is -0.940. The lowest BCUT2D eigenvalue weighted by atomic mass is 10.3. The fraction of sp³-hybridized carbons (Fsp3) is 0.250. The van der Waals surface area contributed by atoms with Crippen LogP contribution in [0.5, 0.6) is 0 Å². The molecule has 0 radical (unpaired) electrons. The molecule has 5 heteroatoms. The van der Waals surface area contributed by atoms with Crippen molar-refractivity contribution in [3.8, 4) is 0 Å². The number of imidazole rings is 1. The zero-order valence-electron chi connectivity index (χ0n) is 7.11. The standard InChI is InChI=1S/C8H9BrN4/c1-5(10)7-8(9)13-4-11-3-2-6(13)12-7/h2-5H,10H2,1H3. The highest BCUT2D eigenvalue weighted by atomic mass is 79.9. The Morgan fingerprint density at radius 3 is 3.00 bits per heavy atom. The van der Waals surface area contributed by atoms with Crippen molar-refractivity contribution >= 4 is 21.6 Å². The van der Waals surface area contributed by atoms with Gasteiger partial charge in [-0.15, -0.1) is 0 Å². The van der Waals surface area contributed by atoms with Gasteiger partial charge in [-0.05, 0) is 28.9 Å². The number of aromatic nitrogens is 3. The molecule has 0 bridgehead atoms. The van der Waals surface area contributed by atoms with E-state index in [1.54, 1.807) is 12.5 Å². The van der Waals surface area contributed by atoms with Gasteiger partial charge in [0.25, 0.3) is 0 Å². The predicted molar refractivity (Wildman–Crippen MR) is 53.3 cm³/mol. The van der Waals surface area contributed by atoms with E-state index in [0.29, 0.717) is 0 Å². The minimum atomic E-state index is -0.0747. The molecule has 13 heavy (non-hydrogen) atoms. The van der Waals surface area contributed by atoms with Gasteiger partial charge in [0.15, 0.2) is 0 Å². The van der Waals surface area contributed by atoms with E-state index < -0.39 is 0 Å². The highest BCUT2D eigenvalue weighted by molar-refractivity contribution is 9.10. The predicted octanol–water partition coefficient (Wildman–Crippen LogP) is 1.51. The van der Waals surface area contributed by atoms with Gasteiger partial charge in [0.05, 0.1) is 5.69 Å². The quantitative estimate of drug-likeness (QED) is 0.823. The summed E-state index contributed by atoms with van der Waals surface area (Å²) in [6.07, 6.45) is 3.41. The summed E-state index contributed by atoms with van der Waals surface area (Å²) in [6.45, 7) is 1.90. The fourth-order valence-corrected chi connectivity index (χ4v) is 1.90. The van der Waals surface area contributed by atoms with Crippen LogP contribution in [-0.4, -0.2) is 14.4 Å². The van der Waals surface area contributed by atoms with E-state index in [0.717, 1.165) is 15.9 Å². The second-order valence-electron chi connectivity index (χ2n) is 2.89. The molecule has 4 nitrogen and oxygen atoms in total. The lowest BCUT2D eigenvalue weighted by Gasteiger charge is -1.99. The summed E-state index contributed by atoms with van der Waals surface area (Å²) in [5, 5.41) is 0. The molecule has 0 saturated carbocycles. The van der Waals surface area contributed by atoms with E-state index in [2.05, 4.69) is 25.9 Å². The Kier molecular flexibility index (Phi) is 2.05. The van der Waals surface area contributed by atoms with Crippen LogP contribution in [0.15, 0.2) is 23.2 Å². The summed E-state index contributed by atoms with van der Waals surface area (Å²) in [6, 6.07) is 1.77. The van der Waals surface area contributed by atoms with Gasteiger partial charge in [-0.3, -0.25) is 4.40 Å². The first-order valence-corrected chi connectivity index (χ1v) is 4.72. The summed E-state index contributed by atoms with van der Waals surface area (Å²) in [5.41, 5.74) is 7.46. The Morgan fingerprint density at radius 2 is 2.38 bits per heavy atom. The molecule has 2 aromatic rings. The van der Waals surface area contributed by atoms with E-state index in [-0.39, 0.29) is 6.04 Å². The van der Waals surface area contributed by atoms with E-state index >= 15 is 0 Å². The largest absolute Gasteiger partial charge is 0.323 e. The van der Waals surface area contributed by atoms with E-state index in [9.17, 15) is 0 Å². The van der Waals surface area contributed by atoms with Crippen molar-refractivity contribution in [3.05, 3.63) is 28.9 Å². The van der Waals surface area contributed by atoms with Crippen molar-refractivity contribution < 1.29 is 0 Å². The molecule has 0 aliphatic carbocycles. The maximum atomic E-state index is 5.75. The monoisotopic (exact) mass is 240 g/mol. The number of fused-ring (bicyclic) bond motifs is 1. The van der Waals surface area contributed by atoms with Crippen LogP contribution in [0.3, 0.4) is 0 Å². The first-order chi connectivity index (χ1) is 6.20. The van der Waals surface area contributed by atoms with E-state index in [1.165, 1.54) is 0 Å². The van der Waals surface area contributed by atoms with Crippen LogP contribution in [-0.2, 0) is 0 Å². The van der Waals surface area contributed by atoms with Crippen LogP contribution in [0.1, 0.15) is 18.7 Å². The van der Waals surface area contributed by atoms with E-state index in [1.807, 2.05) is 17.4 Å². The SMILES string of the molecule is CC(N)c1nc2ccncn2c1Br. The number of nitrogens with two attached hydrogens (primary N) is 1. The number of rotatable bonds is 1. The maximum Gasteiger partial charge on any atom is 0.140 e. The Morgan fingerprint density at radius 1 is 1.62 bits per heavy atom. The molecule has 68 valence electrons. The highest BCUT2D eigenvalue weighted by Gasteiger charge is 2.12. The summed E-state index contributed by atoms with van der Waals surface area (Å²) in [7, 11) is 0. The molecule has 2 aromatic heterocycles. The molecular formula is C8H9BrN4. The molecule has 0 saturated heterocycles. The van der Waals surface area contributed by atoms with Crippen molar-refractivity contribution in [3.63, 3.8) is 0 Å². The van der Waals surface area contributed by atoms with Crippen molar-refractivity contribution in [2.75, 3.05) is 0 Å². The van der Waals surface area contributed by atoms with Gasteiger partial charge in [-0.1, -0.05) is 0 Å². The van der Waals surface area contributed by atoms with Crippen molar-refractivity contribution in [2.45, 2.75) is 13.0 Å². The third-order valence-electron chi connectivity index (χ3n) is 1.83. The summed E-state index contributed by atoms with van der Waals surface area (Å²) in [4.78, 5) is 8.36. The Bertz CT molecular complexity index is 435. The zero-order chi connectivity index (χ0) is 9.42. The molecule has 0 spiro atoms. The van der Waals surface area contributed by atoms with Gasteiger partial charge >= 0.3 is 0 Å². The number of hydrogen-bond acceptors (Lipinski definition) is 3. The Balaban J connectivity index is 2.74. The average molecular weight is 241 g/mol. The number of nitrogens with zero attached hydrogens (tertiary/aromatic N) is 3. The van der Waals surface area contributed by atoms with Crippen LogP contribution >= 0.6 is 15.9 Å². The third kappa shape index (κ3) is 1.34. The smallest absolute Gasteiger partial charge is 0.140 e. The van der Waals surface area contributed by atoms with Crippen LogP contribution in [0.2, 0.25) is 0 Å². The van der Waals surface area contributed by atoms with Gasteiger partial charge in [0.1, 0.15) is 16.6 Å². The maximum absolute atomic E-state index is 5.75. The number of halogens is 1. The summed E-state index contributed by atoms with van der Waals surface area (Å²) >= 11 is 3.43. The van der Waals surface area contributed by atoms with Crippen LogP contribution in [0, 0.1) is 0 Å². The topological polar surface area (TPSA) is 56.2 Å². The summed E-state index contributed by atoms with van der Waals surface area (Å²) in [5.74, 6) is 0. The molecule has 2 heterocycles. The lowest BCUT2D eigenvalue weighted by molar-refractivity contribution is 0.783. The van der Waals surface area contributed by atoms with Crippen LogP contribution < -0.4 is 5.73 Å². The normalized spacial score (nSPS) is 13.5. The molecule has 0 amide bonds. The van der Waals surface area contributed by atoms with Gasteiger partial charge in [-0.2, -0.15) is 0 Å². The zero-order valence-corrected chi connectivity index (χ0v) is 8.69. The van der Waals surface area contributed by atoms with E-state index in [4.69, 9.17) is 5.73 Å². The average Bonchev–Trinajstić information content (AvgIpc) is 2.45. The molecule has 0 aliphatic heterocycles. The molecule has 2 rings (SSSR count). The van der Waals surface area contributed by atoms with Gasteiger partial charge < -0.3 is 5.73 Å². The molecule has 0 fully saturated rings. The first kappa shape index (κ1) is 8.65. The van der Waals surface area contributed by atoms with Crippen molar-refractivity contribution in [2.24, 2.45) is 5.73 Å². The summed E-state index contributed by atoms with van der Waals surface area (Å²) < 4.78 is 2.74. The van der Waals surface area contributed by atoms with Crippen LogP contribution in [0.4, 0.5) is 0 Å². The van der Waals surface area contributed by atoms with Crippen molar-refractivity contribution in [1.82, 2.24) is 14.4 Å². The number of hydrogen-bond donors (Lipinski definition) is 1. The molecule has 1 unspecified atom stereocenters. The molecule has 0 aromatic carbocycles. The van der Waals surface area contributed by atoms with Gasteiger partial charge in [-0.25, -0.2) is 9.97 Å². The van der Waals surface area contributed by atoms with Crippen LogP contribution in [0.25, 0.3) is 5.65 Å². The molecule has 0 aliphatic rings. The van der Waals surface area contributed by atoms with Gasteiger partial charge in [0, 0.05) is 12.2 Å². The second-order valence-corrected chi connectivity index (χ2v) is 3.64. The van der Waals surface area contributed by atoms with Gasteiger partial charge in [0.2, 0.25) is 0 Å².